The Kier molecular flexibility index (Phi) is 1.94. The summed E-state index contributed by atoms with van der Waals surface area (Å²) in [5.74, 6) is 1.08. The number of aromatic nitrogens is 2. The van der Waals surface area contributed by atoms with E-state index in [4.69, 9.17) is 0 Å². The van der Waals surface area contributed by atoms with E-state index in [0.29, 0.717) is 0 Å². The van der Waals surface area contributed by atoms with Gasteiger partial charge in [-0.3, -0.25) is 4.68 Å². The van der Waals surface area contributed by atoms with Crippen LogP contribution in [0.5, 0.6) is 0 Å². The lowest BCUT2D eigenvalue weighted by molar-refractivity contribution is 0.818. The molecule has 0 saturated carbocycles. The first-order valence-electron chi connectivity index (χ1n) is 3.50. The number of hydrogen-bond donors (Lipinski definition) is 1. The maximum Gasteiger partial charge on any atom is 0.127 e. The highest BCUT2D eigenvalue weighted by Gasteiger charge is 1.99. The number of nitrogens with one attached hydrogen (secondary N) is 1. The fourth-order valence-corrected chi connectivity index (χ4v) is 0.991. The third kappa shape index (κ3) is 1.12. The van der Waals surface area contributed by atoms with Gasteiger partial charge in [0.2, 0.25) is 0 Å². The molecule has 0 aliphatic carbocycles. The average molecular weight is 139 g/mol. The zero-order valence-corrected chi connectivity index (χ0v) is 6.68. The van der Waals surface area contributed by atoms with Gasteiger partial charge in [0.1, 0.15) is 5.82 Å². The summed E-state index contributed by atoms with van der Waals surface area (Å²) in [7, 11) is 1.89. The van der Waals surface area contributed by atoms with Crippen LogP contribution in [0.1, 0.15) is 18.4 Å². The largest absolute Gasteiger partial charge is 0.328 e. The Morgan fingerprint density at radius 1 is 1.70 bits per heavy atom. The molecule has 0 amide bonds. The third-order valence-corrected chi connectivity index (χ3v) is 1.46. The number of aryl methyl sites for hydroxylation is 2. The molecule has 0 saturated heterocycles. The fraction of sp³-hybridized carbons (Fsp3) is 0.571. The molecule has 0 bridgehead atoms. The van der Waals surface area contributed by atoms with Crippen LogP contribution in [0.2, 0.25) is 0 Å². The zero-order valence-electron chi connectivity index (χ0n) is 6.68. The molecule has 0 radical (unpaired) electrons. The predicted octanol–water partition coefficient (Wildman–Crippen LogP) is 0.927. The molecule has 0 spiro atoms. The summed E-state index contributed by atoms with van der Waals surface area (Å²) in [6, 6.07) is 0. The minimum absolute atomic E-state index is 0.967. The minimum Gasteiger partial charge on any atom is -0.328 e. The highest BCUT2D eigenvalue weighted by Crippen LogP contribution is 1.99. The molecular weight excluding hydrogens is 126 g/mol. The lowest BCUT2D eigenvalue weighted by Gasteiger charge is -2.01. The molecule has 0 atom stereocenters. The van der Waals surface area contributed by atoms with E-state index in [1.54, 1.807) is 0 Å². The van der Waals surface area contributed by atoms with Gasteiger partial charge in [0.15, 0.2) is 0 Å². The van der Waals surface area contributed by atoms with Crippen molar-refractivity contribution in [3.8, 4) is 0 Å². The third-order valence-electron chi connectivity index (χ3n) is 1.46. The Morgan fingerprint density at radius 2 is 2.40 bits per heavy atom. The van der Waals surface area contributed by atoms with E-state index >= 15 is 0 Å². The van der Waals surface area contributed by atoms with Crippen LogP contribution in [0, 0.1) is 6.92 Å². The van der Waals surface area contributed by atoms with Crippen molar-refractivity contribution in [2.24, 2.45) is 0 Å². The molecule has 1 aromatic rings. The first-order valence-corrected chi connectivity index (χ1v) is 3.50. The predicted molar refractivity (Wildman–Crippen MR) is 41.6 cm³/mol. The SMILES string of the molecule is CCc1nc(C)cn1NC. The van der Waals surface area contributed by atoms with Gasteiger partial charge in [-0.15, -0.1) is 0 Å². The van der Waals surface area contributed by atoms with Crippen LogP contribution in [0.3, 0.4) is 0 Å². The summed E-state index contributed by atoms with van der Waals surface area (Å²) >= 11 is 0. The van der Waals surface area contributed by atoms with E-state index in [9.17, 15) is 0 Å². The quantitative estimate of drug-likeness (QED) is 0.660. The molecule has 10 heavy (non-hydrogen) atoms. The van der Waals surface area contributed by atoms with Gasteiger partial charge in [-0.2, -0.15) is 0 Å². The molecule has 1 aromatic heterocycles. The molecule has 1 rings (SSSR count). The first kappa shape index (κ1) is 7.12. The molecule has 0 aliphatic rings. The van der Waals surface area contributed by atoms with Crippen molar-refractivity contribution >= 4 is 0 Å². The highest BCUT2D eigenvalue weighted by atomic mass is 15.4. The van der Waals surface area contributed by atoms with Crippen LogP contribution >= 0.6 is 0 Å². The standard InChI is InChI=1S/C7H13N3/c1-4-7-9-6(2)5-10(7)8-3/h5,8H,4H2,1-3H3. The van der Waals surface area contributed by atoms with Crippen molar-refractivity contribution in [1.82, 2.24) is 9.66 Å². The Balaban J connectivity index is 2.96. The maximum absolute atomic E-state index is 4.30. The Hall–Kier alpha value is -0.990. The van der Waals surface area contributed by atoms with Gasteiger partial charge < -0.3 is 5.43 Å². The Labute approximate surface area is 61.0 Å². The summed E-state index contributed by atoms with van der Waals surface area (Å²) in [6.45, 7) is 4.09. The normalized spacial score (nSPS) is 9.90. The topological polar surface area (TPSA) is 29.9 Å². The van der Waals surface area contributed by atoms with Gasteiger partial charge in [0.05, 0.1) is 5.69 Å². The first-order chi connectivity index (χ1) is 4.77. The number of hydrogen-bond acceptors (Lipinski definition) is 2. The second-order valence-electron chi connectivity index (χ2n) is 2.25. The average Bonchev–Trinajstić information content (AvgIpc) is 2.30. The zero-order chi connectivity index (χ0) is 7.56. The number of nitrogens with zero attached hydrogens (tertiary/aromatic N) is 2. The van der Waals surface area contributed by atoms with Gasteiger partial charge in [0, 0.05) is 19.7 Å². The van der Waals surface area contributed by atoms with Crippen molar-refractivity contribution in [1.29, 1.82) is 0 Å². The lowest BCUT2D eigenvalue weighted by Crippen LogP contribution is -2.10. The highest BCUT2D eigenvalue weighted by molar-refractivity contribution is 5.03. The lowest BCUT2D eigenvalue weighted by atomic mass is 10.5. The minimum atomic E-state index is 0.967. The van der Waals surface area contributed by atoms with Crippen molar-refractivity contribution in [3.63, 3.8) is 0 Å². The van der Waals surface area contributed by atoms with E-state index in [-0.39, 0.29) is 0 Å². The monoisotopic (exact) mass is 139 g/mol. The molecule has 0 aromatic carbocycles. The summed E-state index contributed by atoms with van der Waals surface area (Å²) < 4.78 is 1.94. The molecular formula is C7H13N3. The molecule has 0 fully saturated rings. The van der Waals surface area contributed by atoms with Gasteiger partial charge in [-0.05, 0) is 6.92 Å². The summed E-state index contributed by atoms with van der Waals surface area (Å²) in [4.78, 5) is 4.30. The molecule has 1 heterocycles. The van der Waals surface area contributed by atoms with Crippen molar-refractivity contribution < 1.29 is 0 Å². The van der Waals surface area contributed by atoms with Crippen LogP contribution in [-0.2, 0) is 6.42 Å². The number of imidazole rings is 1. The summed E-state index contributed by atoms with van der Waals surface area (Å²) in [5.41, 5.74) is 4.08. The van der Waals surface area contributed by atoms with E-state index in [1.165, 1.54) is 0 Å². The van der Waals surface area contributed by atoms with Gasteiger partial charge in [-0.1, -0.05) is 6.92 Å². The van der Waals surface area contributed by atoms with E-state index in [1.807, 2.05) is 24.8 Å². The molecule has 3 nitrogen and oxygen atoms in total. The van der Waals surface area contributed by atoms with Crippen LogP contribution in [0.25, 0.3) is 0 Å². The van der Waals surface area contributed by atoms with Crippen molar-refractivity contribution in [3.05, 3.63) is 17.7 Å². The van der Waals surface area contributed by atoms with Crippen molar-refractivity contribution in [2.45, 2.75) is 20.3 Å². The van der Waals surface area contributed by atoms with E-state index in [0.717, 1.165) is 17.9 Å². The van der Waals surface area contributed by atoms with Crippen LogP contribution in [0.15, 0.2) is 6.20 Å². The van der Waals surface area contributed by atoms with Gasteiger partial charge in [0.25, 0.3) is 0 Å². The molecule has 0 aliphatic heterocycles. The van der Waals surface area contributed by atoms with Gasteiger partial charge in [-0.25, -0.2) is 4.98 Å². The second kappa shape index (κ2) is 2.73. The van der Waals surface area contributed by atoms with Crippen molar-refractivity contribution in [2.75, 3.05) is 12.5 Å². The molecule has 0 unspecified atom stereocenters. The van der Waals surface area contributed by atoms with Crippen LogP contribution < -0.4 is 5.43 Å². The van der Waals surface area contributed by atoms with Crippen LogP contribution in [0.4, 0.5) is 0 Å². The van der Waals surface area contributed by atoms with E-state index in [2.05, 4.69) is 17.3 Å². The summed E-state index contributed by atoms with van der Waals surface area (Å²) in [5, 5.41) is 0. The molecule has 3 heteroatoms. The second-order valence-corrected chi connectivity index (χ2v) is 2.25. The summed E-state index contributed by atoms with van der Waals surface area (Å²) in [6.07, 6.45) is 2.95. The maximum atomic E-state index is 4.30. The Morgan fingerprint density at radius 3 is 2.80 bits per heavy atom. The van der Waals surface area contributed by atoms with Crippen LogP contribution in [-0.4, -0.2) is 16.7 Å². The number of rotatable bonds is 2. The smallest absolute Gasteiger partial charge is 0.127 e. The molecule has 1 N–H and O–H groups in total. The van der Waals surface area contributed by atoms with E-state index < -0.39 is 0 Å². The fourth-order valence-electron chi connectivity index (χ4n) is 0.991. The molecule has 56 valence electrons. The Bertz CT molecular complexity index is 193. The van der Waals surface area contributed by atoms with Gasteiger partial charge >= 0.3 is 0 Å².